The Bertz CT molecular complexity index is 1080. The van der Waals surface area contributed by atoms with Crippen molar-refractivity contribution in [3.63, 3.8) is 0 Å². The Morgan fingerprint density at radius 3 is 2.53 bits per heavy atom. The van der Waals surface area contributed by atoms with Crippen LogP contribution >= 0.6 is 23.2 Å². The second-order valence-corrected chi connectivity index (χ2v) is 11.9. The fourth-order valence-electron chi connectivity index (χ4n) is 5.24. The third kappa shape index (κ3) is 4.02. The number of halogens is 3. The van der Waals surface area contributed by atoms with Crippen molar-refractivity contribution in [2.24, 2.45) is 5.41 Å². The molecule has 2 aliphatic carbocycles. The van der Waals surface area contributed by atoms with E-state index in [9.17, 15) is 12.8 Å². The number of fused-ring (bicyclic) bond motifs is 2. The zero-order chi connectivity index (χ0) is 21.7. The van der Waals surface area contributed by atoms with Crippen molar-refractivity contribution in [3.8, 4) is 0 Å². The monoisotopic (exact) mass is 469 g/mol. The Kier molecular flexibility index (Phi) is 5.72. The minimum absolute atomic E-state index is 0.00814. The van der Waals surface area contributed by atoms with Gasteiger partial charge in [0.2, 0.25) is 10.0 Å². The topological polar surface area (TPSA) is 46.2 Å². The van der Waals surface area contributed by atoms with Gasteiger partial charge < -0.3 is 0 Å². The van der Waals surface area contributed by atoms with Gasteiger partial charge in [-0.15, -0.1) is 0 Å². The molecule has 1 fully saturated rings. The molecule has 2 aliphatic rings. The van der Waals surface area contributed by atoms with Crippen LogP contribution in [-0.4, -0.2) is 15.0 Å². The van der Waals surface area contributed by atoms with E-state index in [0.717, 1.165) is 30.4 Å². The number of nitrogens with one attached hydrogen (secondary N) is 1. The van der Waals surface area contributed by atoms with Crippen molar-refractivity contribution < 1.29 is 12.8 Å². The van der Waals surface area contributed by atoms with E-state index >= 15 is 0 Å². The van der Waals surface area contributed by atoms with Crippen molar-refractivity contribution in [1.82, 2.24) is 4.72 Å². The van der Waals surface area contributed by atoms with Crippen LogP contribution in [0, 0.1) is 11.2 Å². The first kappa shape index (κ1) is 22.1. The second-order valence-electron chi connectivity index (χ2n) is 9.26. The molecule has 1 unspecified atom stereocenters. The largest absolute Gasteiger partial charge is 0.215 e. The normalized spacial score (nSPS) is 21.4. The van der Waals surface area contributed by atoms with Crippen molar-refractivity contribution in [2.75, 3.05) is 6.54 Å². The summed E-state index contributed by atoms with van der Waals surface area (Å²) in [6.07, 6.45) is 3.61. The lowest BCUT2D eigenvalue weighted by molar-refractivity contribution is 0.191. The first-order valence-corrected chi connectivity index (χ1v) is 12.7. The van der Waals surface area contributed by atoms with Gasteiger partial charge in [0.25, 0.3) is 0 Å². The number of hydrogen-bond acceptors (Lipinski definition) is 2. The summed E-state index contributed by atoms with van der Waals surface area (Å²) >= 11 is 11.9. The predicted octanol–water partition coefficient (Wildman–Crippen LogP) is 6.19. The molecule has 0 aromatic heterocycles. The van der Waals surface area contributed by atoms with Gasteiger partial charge in [0.05, 0.1) is 15.8 Å². The van der Waals surface area contributed by atoms with Crippen LogP contribution in [0.3, 0.4) is 0 Å². The lowest BCUT2D eigenvalue weighted by Gasteiger charge is -2.45. The van der Waals surface area contributed by atoms with Crippen LogP contribution in [-0.2, 0) is 21.2 Å². The van der Waals surface area contributed by atoms with E-state index in [-0.39, 0.29) is 28.3 Å². The molecular formula is C23H26Cl2FNO2S. The summed E-state index contributed by atoms with van der Waals surface area (Å²) in [7, 11) is -3.52. The van der Waals surface area contributed by atoms with Gasteiger partial charge in [-0.25, -0.2) is 17.5 Å². The van der Waals surface area contributed by atoms with Crippen LogP contribution in [0.15, 0.2) is 36.4 Å². The Hall–Kier alpha value is -1.14. The van der Waals surface area contributed by atoms with E-state index in [2.05, 4.69) is 18.6 Å². The van der Waals surface area contributed by atoms with Gasteiger partial charge in [-0.05, 0) is 71.9 Å². The highest BCUT2D eigenvalue weighted by atomic mass is 35.5. The lowest BCUT2D eigenvalue weighted by atomic mass is 9.59. The van der Waals surface area contributed by atoms with Crippen LogP contribution in [0.4, 0.5) is 4.39 Å². The molecule has 0 radical (unpaired) electrons. The molecule has 30 heavy (non-hydrogen) atoms. The summed E-state index contributed by atoms with van der Waals surface area (Å²) in [4.78, 5) is 0. The average Bonchev–Trinajstić information content (AvgIpc) is 3.44. The standard InChI is InChI=1S/C23H26Cl2FNO2S/c1-22(2)13-16(17-4-3-5-20(26)21(17)23(22)9-10-23)8-11-27-30(28,29)14-15-6-7-18(24)19(25)12-15/h3-7,12,16,27H,8-11,13-14H2,1-2H3. The Morgan fingerprint density at radius 1 is 1.13 bits per heavy atom. The lowest BCUT2D eigenvalue weighted by Crippen LogP contribution is -2.38. The van der Waals surface area contributed by atoms with E-state index in [0.29, 0.717) is 28.6 Å². The summed E-state index contributed by atoms with van der Waals surface area (Å²) in [5.74, 6) is -0.151. The van der Waals surface area contributed by atoms with Crippen LogP contribution in [0.2, 0.25) is 10.0 Å². The minimum atomic E-state index is -3.52. The smallest absolute Gasteiger partial charge is 0.215 e. The number of benzene rings is 2. The third-order valence-corrected chi connectivity index (χ3v) is 9.02. The zero-order valence-electron chi connectivity index (χ0n) is 17.1. The summed E-state index contributed by atoms with van der Waals surface area (Å²) in [6.45, 7) is 4.75. The third-order valence-electron chi connectivity index (χ3n) is 6.92. The van der Waals surface area contributed by atoms with Crippen LogP contribution in [0.5, 0.6) is 0 Å². The molecule has 4 rings (SSSR count). The summed E-state index contributed by atoms with van der Waals surface area (Å²) in [5, 5.41) is 0.728. The van der Waals surface area contributed by atoms with Gasteiger partial charge >= 0.3 is 0 Å². The fourth-order valence-corrected chi connectivity index (χ4v) is 6.71. The molecular weight excluding hydrogens is 444 g/mol. The van der Waals surface area contributed by atoms with Gasteiger partial charge in [-0.2, -0.15) is 0 Å². The quantitative estimate of drug-likeness (QED) is 0.548. The van der Waals surface area contributed by atoms with E-state index in [1.807, 2.05) is 6.07 Å². The number of hydrogen-bond donors (Lipinski definition) is 1. The molecule has 7 heteroatoms. The predicted molar refractivity (Wildman–Crippen MR) is 120 cm³/mol. The van der Waals surface area contributed by atoms with E-state index in [1.54, 1.807) is 30.3 Å². The highest BCUT2D eigenvalue weighted by Gasteiger charge is 2.60. The molecule has 0 amide bonds. The molecule has 0 aliphatic heterocycles. The Balaban J connectivity index is 1.46. The molecule has 0 heterocycles. The van der Waals surface area contributed by atoms with Crippen molar-refractivity contribution in [1.29, 1.82) is 0 Å². The fraction of sp³-hybridized carbons (Fsp3) is 0.478. The van der Waals surface area contributed by atoms with Crippen LogP contribution < -0.4 is 4.72 Å². The molecule has 1 saturated carbocycles. The summed E-state index contributed by atoms with van der Waals surface area (Å²) in [5.41, 5.74) is 2.43. The maximum absolute atomic E-state index is 14.8. The maximum atomic E-state index is 14.8. The first-order valence-electron chi connectivity index (χ1n) is 10.2. The SMILES string of the molecule is CC1(C)CC(CCNS(=O)(=O)Cc2ccc(Cl)c(Cl)c2)c2cccc(F)c2C12CC2. The molecule has 1 spiro atoms. The van der Waals surface area contributed by atoms with Crippen molar-refractivity contribution in [2.45, 2.75) is 56.6 Å². The molecule has 2 aromatic carbocycles. The molecule has 0 bridgehead atoms. The van der Waals surface area contributed by atoms with Gasteiger partial charge in [0, 0.05) is 12.0 Å². The van der Waals surface area contributed by atoms with Gasteiger partial charge in [0.1, 0.15) is 5.82 Å². The van der Waals surface area contributed by atoms with Crippen molar-refractivity contribution in [3.05, 3.63) is 69.0 Å². The molecule has 1 atom stereocenters. The molecule has 2 aromatic rings. The van der Waals surface area contributed by atoms with Crippen LogP contribution in [0.1, 0.15) is 62.1 Å². The molecule has 0 saturated heterocycles. The average molecular weight is 470 g/mol. The van der Waals surface area contributed by atoms with E-state index < -0.39 is 10.0 Å². The van der Waals surface area contributed by atoms with E-state index in [1.165, 1.54) is 0 Å². The second kappa shape index (κ2) is 7.77. The summed E-state index contributed by atoms with van der Waals surface area (Å²) < 4.78 is 42.6. The zero-order valence-corrected chi connectivity index (χ0v) is 19.5. The maximum Gasteiger partial charge on any atom is 0.215 e. The molecule has 3 nitrogen and oxygen atoms in total. The number of sulfonamides is 1. The van der Waals surface area contributed by atoms with Gasteiger partial charge in [0.15, 0.2) is 0 Å². The molecule has 162 valence electrons. The summed E-state index contributed by atoms with van der Waals surface area (Å²) in [6, 6.07) is 10.2. The minimum Gasteiger partial charge on any atom is -0.215 e. The molecule has 1 N–H and O–H groups in total. The van der Waals surface area contributed by atoms with Crippen LogP contribution in [0.25, 0.3) is 0 Å². The highest BCUT2D eigenvalue weighted by Crippen LogP contribution is 2.67. The van der Waals surface area contributed by atoms with Gasteiger partial charge in [-0.1, -0.05) is 55.2 Å². The first-order chi connectivity index (χ1) is 14.0. The van der Waals surface area contributed by atoms with Crippen molar-refractivity contribution >= 4 is 33.2 Å². The Labute approximate surface area is 188 Å². The highest BCUT2D eigenvalue weighted by molar-refractivity contribution is 7.88. The van der Waals surface area contributed by atoms with E-state index in [4.69, 9.17) is 23.2 Å². The van der Waals surface area contributed by atoms with Gasteiger partial charge in [-0.3, -0.25) is 0 Å². The number of rotatable bonds is 6. The Morgan fingerprint density at radius 2 is 1.87 bits per heavy atom.